The average molecular weight is 196 g/mol. The maximum Gasteiger partial charge on any atom is 0.375 e. The number of hydrogen-bond donors (Lipinski definition) is 4. The van der Waals surface area contributed by atoms with Crippen LogP contribution in [0.5, 0.6) is 0 Å². The summed E-state index contributed by atoms with van der Waals surface area (Å²) in [5.74, 6) is -3.76. The van der Waals surface area contributed by atoms with Gasteiger partial charge in [0.1, 0.15) is 6.10 Å². The van der Waals surface area contributed by atoms with E-state index in [9.17, 15) is 14.0 Å². The molecule has 0 heterocycles. The van der Waals surface area contributed by atoms with Crippen LogP contribution in [0.4, 0.5) is 4.39 Å². The Morgan fingerprint density at radius 3 is 2.08 bits per heavy atom. The number of Topliss-reactive ketones (excluding diaryl/α,β-unsaturated/α-hetero) is 1. The quantitative estimate of drug-likeness (QED) is 0.367. The molecule has 0 saturated heterocycles. The van der Waals surface area contributed by atoms with Crippen molar-refractivity contribution in [2.45, 2.75) is 18.4 Å². The molecule has 0 fully saturated rings. The van der Waals surface area contributed by atoms with E-state index in [1.807, 2.05) is 0 Å². The highest BCUT2D eigenvalue weighted by Gasteiger charge is 2.35. The summed E-state index contributed by atoms with van der Waals surface area (Å²) in [7, 11) is 0. The van der Waals surface area contributed by atoms with Gasteiger partial charge in [-0.15, -0.1) is 0 Å². The Hall–Kier alpha value is -1.05. The van der Waals surface area contributed by atoms with Gasteiger partial charge in [0.2, 0.25) is 0 Å². The Kier molecular flexibility index (Phi) is 4.46. The highest BCUT2D eigenvalue weighted by Crippen LogP contribution is 2.06. The summed E-state index contributed by atoms with van der Waals surface area (Å²) in [6, 6.07) is 0. The molecule has 0 radical (unpaired) electrons. The van der Waals surface area contributed by atoms with Gasteiger partial charge in [0, 0.05) is 0 Å². The lowest BCUT2D eigenvalue weighted by Gasteiger charge is -2.16. The minimum Gasteiger partial charge on any atom is -0.475 e. The molecule has 0 amide bonds. The second kappa shape index (κ2) is 4.85. The molecule has 6 nitrogen and oxygen atoms in total. The van der Waals surface area contributed by atoms with E-state index in [4.69, 9.17) is 20.4 Å². The van der Waals surface area contributed by atoms with Gasteiger partial charge in [-0.25, -0.2) is 9.18 Å². The molecule has 76 valence electrons. The summed E-state index contributed by atoms with van der Waals surface area (Å²) >= 11 is 0. The van der Waals surface area contributed by atoms with E-state index in [0.29, 0.717) is 0 Å². The topological polar surface area (TPSA) is 115 Å². The first kappa shape index (κ1) is 11.9. The fraction of sp³-hybridized carbons (Fsp3) is 0.667. The van der Waals surface area contributed by atoms with E-state index in [0.717, 1.165) is 0 Å². The molecule has 0 aliphatic rings. The van der Waals surface area contributed by atoms with Crippen LogP contribution in [0.25, 0.3) is 0 Å². The van der Waals surface area contributed by atoms with Crippen LogP contribution in [-0.4, -0.2) is 57.2 Å². The summed E-state index contributed by atoms with van der Waals surface area (Å²) in [5.41, 5.74) is 0. The van der Waals surface area contributed by atoms with Crippen LogP contribution in [0.15, 0.2) is 0 Å². The van der Waals surface area contributed by atoms with E-state index in [1.165, 1.54) is 0 Å². The number of hydrogen-bond acceptors (Lipinski definition) is 5. The lowest BCUT2D eigenvalue weighted by molar-refractivity contribution is -0.156. The van der Waals surface area contributed by atoms with Gasteiger partial charge in [0.15, 0.2) is 12.3 Å². The number of alkyl halides is 1. The monoisotopic (exact) mass is 196 g/mol. The molecule has 4 N–H and O–H groups in total. The molecule has 0 saturated carbocycles. The van der Waals surface area contributed by atoms with Crippen molar-refractivity contribution in [1.82, 2.24) is 0 Å². The summed E-state index contributed by atoms with van der Waals surface area (Å²) in [4.78, 5) is 20.4. The highest BCUT2D eigenvalue weighted by molar-refractivity contribution is 6.34. The fourth-order valence-electron chi connectivity index (χ4n) is 0.582. The van der Waals surface area contributed by atoms with Crippen molar-refractivity contribution in [3.63, 3.8) is 0 Å². The van der Waals surface area contributed by atoms with Gasteiger partial charge in [-0.05, 0) is 0 Å². The van der Waals surface area contributed by atoms with Crippen molar-refractivity contribution < 1.29 is 34.4 Å². The molecular weight excluding hydrogens is 187 g/mol. The maximum absolute atomic E-state index is 12.7. The smallest absolute Gasteiger partial charge is 0.375 e. The Morgan fingerprint density at radius 1 is 1.31 bits per heavy atom. The van der Waals surface area contributed by atoms with Crippen LogP contribution in [-0.2, 0) is 9.59 Å². The number of aliphatic hydroxyl groups is 3. The standard InChI is InChI=1S/C6H9FO6/c7-3(2(9)1-8)4(10)5(11)6(12)13/h2-4,8-10H,1H2,(H,12,13)/t2-,3-,4-/m0/s1. The van der Waals surface area contributed by atoms with Crippen LogP contribution in [0.3, 0.4) is 0 Å². The minimum absolute atomic E-state index is 1.01. The number of aliphatic hydroxyl groups excluding tert-OH is 3. The Labute approximate surface area is 72.2 Å². The highest BCUT2D eigenvalue weighted by atomic mass is 19.1. The molecule has 0 aliphatic carbocycles. The van der Waals surface area contributed by atoms with Crippen molar-refractivity contribution in [3.8, 4) is 0 Å². The normalized spacial score (nSPS) is 17.5. The number of aliphatic carboxylic acids is 1. The van der Waals surface area contributed by atoms with Crippen LogP contribution in [0.2, 0.25) is 0 Å². The van der Waals surface area contributed by atoms with Gasteiger partial charge in [-0.3, -0.25) is 4.79 Å². The SMILES string of the molecule is O=C(O)C(=O)[C@@H](O)[C@@H](F)[C@@H](O)CO. The lowest BCUT2D eigenvalue weighted by atomic mass is 10.1. The van der Waals surface area contributed by atoms with Crippen molar-refractivity contribution in [1.29, 1.82) is 0 Å². The average Bonchev–Trinajstić information content (AvgIpc) is 2.12. The molecule has 0 aromatic heterocycles. The maximum atomic E-state index is 12.7. The molecule has 7 heteroatoms. The molecule has 0 aromatic carbocycles. The number of halogens is 1. The molecule has 0 unspecified atom stereocenters. The van der Waals surface area contributed by atoms with E-state index in [1.54, 1.807) is 0 Å². The van der Waals surface area contributed by atoms with Gasteiger partial charge in [-0.1, -0.05) is 0 Å². The van der Waals surface area contributed by atoms with Crippen LogP contribution >= 0.6 is 0 Å². The molecular formula is C6H9FO6. The summed E-state index contributed by atoms with van der Waals surface area (Å²) < 4.78 is 12.7. The number of carboxylic acids is 1. The number of ketones is 1. The van der Waals surface area contributed by atoms with Crippen molar-refractivity contribution >= 4 is 11.8 Å². The van der Waals surface area contributed by atoms with Gasteiger partial charge in [-0.2, -0.15) is 0 Å². The zero-order valence-corrected chi connectivity index (χ0v) is 6.42. The van der Waals surface area contributed by atoms with Gasteiger partial charge in [0.25, 0.3) is 5.78 Å². The van der Waals surface area contributed by atoms with E-state index in [-0.39, 0.29) is 0 Å². The summed E-state index contributed by atoms with van der Waals surface area (Å²) in [6.07, 6.45) is -6.94. The molecule has 0 spiro atoms. The molecule has 0 aromatic rings. The molecule has 0 bridgehead atoms. The molecule has 0 aliphatic heterocycles. The fourth-order valence-corrected chi connectivity index (χ4v) is 0.582. The van der Waals surface area contributed by atoms with Gasteiger partial charge in [0.05, 0.1) is 6.61 Å². The second-order valence-electron chi connectivity index (χ2n) is 2.31. The first-order valence-corrected chi connectivity index (χ1v) is 3.30. The Morgan fingerprint density at radius 2 is 1.77 bits per heavy atom. The largest absolute Gasteiger partial charge is 0.475 e. The van der Waals surface area contributed by atoms with Crippen LogP contribution < -0.4 is 0 Å². The van der Waals surface area contributed by atoms with Gasteiger partial charge < -0.3 is 20.4 Å². The van der Waals surface area contributed by atoms with Crippen LogP contribution in [0.1, 0.15) is 0 Å². The zero-order chi connectivity index (χ0) is 10.6. The third kappa shape index (κ3) is 3.05. The van der Waals surface area contributed by atoms with Crippen LogP contribution in [0, 0.1) is 0 Å². The number of rotatable bonds is 5. The van der Waals surface area contributed by atoms with Gasteiger partial charge >= 0.3 is 5.97 Å². The number of carboxylic acid groups (broad SMARTS) is 1. The zero-order valence-electron chi connectivity index (χ0n) is 6.42. The molecule has 13 heavy (non-hydrogen) atoms. The molecule has 0 rings (SSSR count). The Bertz CT molecular complexity index is 205. The minimum atomic E-state index is -2.51. The summed E-state index contributed by atoms with van der Waals surface area (Å²) in [5, 5.41) is 33.5. The lowest BCUT2D eigenvalue weighted by Crippen LogP contribution is -2.43. The predicted molar refractivity (Wildman–Crippen MR) is 36.6 cm³/mol. The van der Waals surface area contributed by atoms with Crippen molar-refractivity contribution in [3.05, 3.63) is 0 Å². The number of carbonyl (C=O) groups excluding carboxylic acids is 1. The third-order valence-corrected chi connectivity index (χ3v) is 1.34. The van der Waals surface area contributed by atoms with Crippen molar-refractivity contribution in [2.75, 3.05) is 6.61 Å². The van der Waals surface area contributed by atoms with E-state index in [2.05, 4.69) is 0 Å². The predicted octanol–water partition coefficient (Wildman–Crippen LogP) is -2.31. The first-order valence-electron chi connectivity index (χ1n) is 3.30. The van der Waals surface area contributed by atoms with Crippen molar-refractivity contribution in [2.24, 2.45) is 0 Å². The Balaban J connectivity index is 4.33. The second-order valence-corrected chi connectivity index (χ2v) is 2.31. The summed E-state index contributed by atoms with van der Waals surface area (Å²) in [6.45, 7) is -1.01. The first-order chi connectivity index (χ1) is 5.91. The van der Waals surface area contributed by atoms with E-state index < -0.39 is 36.7 Å². The number of carbonyl (C=O) groups is 2. The van der Waals surface area contributed by atoms with E-state index >= 15 is 0 Å². The third-order valence-electron chi connectivity index (χ3n) is 1.34. The molecule has 3 atom stereocenters.